The van der Waals surface area contributed by atoms with Gasteiger partial charge in [0.2, 0.25) is 0 Å². The summed E-state index contributed by atoms with van der Waals surface area (Å²) in [5.74, 6) is -4.01. The van der Waals surface area contributed by atoms with Gasteiger partial charge in [0.05, 0.1) is 17.8 Å². The van der Waals surface area contributed by atoms with Crippen LogP contribution in [0.25, 0.3) is 0 Å². The molecule has 14 heavy (non-hydrogen) atoms. The normalized spacial score (nSPS) is 35.3. The fourth-order valence-electron chi connectivity index (χ4n) is 1.80. The van der Waals surface area contributed by atoms with Crippen molar-refractivity contribution in [3.8, 4) is 0 Å². The molecule has 1 aliphatic heterocycles. The van der Waals surface area contributed by atoms with Gasteiger partial charge in [0.1, 0.15) is 0 Å². The first kappa shape index (κ1) is 8.93. The Morgan fingerprint density at radius 2 is 2.07 bits per heavy atom. The Morgan fingerprint density at radius 3 is 2.71 bits per heavy atom. The predicted molar refractivity (Wildman–Crippen MR) is 43.0 cm³/mol. The van der Waals surface area contributed by atoms with Crippen molar-refractivity contribution in [1.82, 2.24) is 0 Å². The number of hydrogen-bond donors (Lipinski definition) is 1. The number of carboxylic acids is 1. The summed E-state index contributed by atoms with van der Waals surface area (Å²) < 4.78 is 4.41. The van der Waals surface area contributed by atoms with E-state index in [9.17, 15) is 14.4 Å². The molecule has 0 aromatic heterocycles. The molecule has 3 atom stereocenters. The zero-order valence-electron chi connectivity index (χ0n) is 7.17. The van der Waals surface area contributed by atoms with Gasteiger partial charge in [-0.2, -0.15) is 0 Å². The Kier molecular flexibility index (Phi) is 1.87. The smallest absolute Gasteiger partial charge is 0.321 e. The van der Waals surface area contributed by atoms with Gasteiger partial charge >= 0.3 is 17.9 Å². The van der Waals surface area contributed by atoms with Crippen LogP contribution in [0.3, 0.4) is 0 Å². The highest BCUT2D eigenvalue weighted by Crippen LogP contribution is 2.34. The fraction of sp³-hybridized carbons (Fsp3) is 0.444. The molecule has 74 valence electrons. The zero-order chi connectivity index (χ0) is 10.3. The molecule has 5 nitrogen and oxygen atoms in total. The first-order valence-electron chi connectivity index (χ1n) is 4.26. The number of carbonyl (C=O) groups excluding carboxylic acids is 2. The second-order valence-corrected chi connectivity index (χ2v) is 3.44. The maximum absolute atomic E-state index is 11.1. The molecule has 1 fully saturated rings. The average Bonchev–Trinajstić information content (AvgIpc) is 2.42. The van der Waals surface area contributed by atoms with Crippen molar-refractivity contribution < 1.29 is 24.2 Å². The second-order valence-electron chi connectivity index (χ2n) is 3.44. The summed E-state index contributed by atoms with van der Waals surface area (Å²) in [6, 6.07) is 0. The van der Waals surface area contributed by atoms with Crippen LogP contribution in [0.1, 0.15) is 6.42 Å². The van der Waals surface area contributed by atoms with Gasteiger partial charge in [-0.15, -0.1) is 0 Å². The number of carboxylic acid groups (broad SMARTS) is 1. The van der Waals surface area contributed by atoms with Gasteiger partial charge in [-0.05, 0) is 6.42 Å². The van der Waals surface area contributed by atoms with E-state index in [1.54, 1.807) is 0 Å². The van der Waals surface area contributed by atoms with Crippen molar-refractivity contribution in [3.63, 3.8) is 0 Å². The molecule has 2 rings (SSSR count). The SMILES string of the molecule is O=C(O)C1C=CC2C(=O)OC(=O)C2C1. The highest BCUT2D eigenvalue weighted by atomic mass is 16.6. The lowest BCUT2D eigenvalue weighted by Crippen LogP contribution is -2.26. The quantitative estimate of drug-likeness (QED) is 0.361. The van der Waals surface area contributed by atoms with Crippen LogP contribution in [-0.4, -0.2) is 23.0 Å². The molecule has 0 amide bonds. The molecule has 2 aliphatic rings. The maximum atomic E-state index is 11.1. The van der Waals surface area contributed by atoms with Crippen LogP contribution in [0, 0.1) is 17.8 Å². The summed E-state index contributed by atoms with van der Waals surface area (Å²) >= 11 is 0. The average molecular weight is 196 g/mol. The third-order valence-corrected chi connectivity index (χ3v) is 2.59. The summed E-state index contributed by atoms with van der Waals surface area (Å²) in [5.41, 5.74) is 0. The van der Waals surface area contributed by atoms with E-state index in [-0.39, 0.29) is 6.42 Å². The van der Waals surface area contributed by atoms with Gasteiger partial charge in [0, 0.05) is 0 Å². The van der Waals surface area contributed by atoms with Crippen molar-refractivity contribution in [2.75, 3.05) is 0 Å². The van der Waals surface area contributed by atoms with Crippen LogP contribution in [0.2, 0.25) is 0 Å². The first-order chi connectivity index (χ1) is 6.59. The number of carbonyl (C=O) groups is 3. The van der Waals surface area contributed by atoms with Crippen LogP contribution in [-0.2, 0) is 19.1 Å². The molecule has 0 spiro atoms. The zero-order valence-corrected chi connectivity index (χ0v) is 7.17. The summed E-state index contributed by atoms with van der Waals surface area (Å²) in [6.07, 6.45) is 3.06. The van der Waals surface area contributed by atoms with E-state index in [1.807, 2.05) is 0 Å². The number of ether oxygens (including phenoxy) is 1. The molecule has 3 unspecified atom stereocenters. The van der Waals surface area contributed by atoms with E-state index in [2.05, 4.69) is 4.74 Å². The van der Waals surface area contributed by atoms with E-state index in [0.29, 0.717) is 0 Å². The fourth-order valence-corrected chi connectivity index (χ4v) is 1.80. The Hall–Kier alpha value is -1.65. The maximum Gasteiger partial charge on any atom is 0.321 e. The minimum atomic E-state index is -0.980. The number of cyclic esters (lactones) is 2. The van der Waals surface area contributed by atoms with E-state index >= 15 is 0 Å². The molecule has 0 bridgehead atoms. The van der Waals surface area contributed by atoms with E-state index in [1.165, 1.54) is 12.2 Å². The van der Waals surface area contributed by atoms with Gasteiger partial charge in [-0.25, -0.2) is 0 Å². The number of fused-ring (bicyclic) bond motifs is 1. The van der Waals surface area contributed by atoms with Gasteiger partial charge < -0.3 is 9.84 Å². The molecular formula is C9H8O5. The van der Waals surface area contributed by atoms with E-state index in [4.69, 9.17) is 5.11 Å². The molecule has 1 aliphatic carbocycles. The molecule has 1 saturated heterocycles. The minimum Gasteiger partial charge on any atom is -0.481 e. The molecule has 0 saturated carbocycles. The molecular weight excluding hydrogens is 188 g/mol. The molecule has 0 aromatic rings. The van der Waals surface area contributed by atoms with Crippen LogP contribution in [0.15, 0.2) is 12.2 Å². The molecule has 0 radical (unpaired) electrons. The lowest BCUT2D eigenvalue weighted by atomic mass is 9.80. The van der Waals surface area contributed by atoms with Crippen molar-refractivity contribution >= 4 is 17.9 Å². The lowest BCUT2D eigenvalue weighted by Gasteiger charge is -2.18. The highest BCUT2D eigenvalue weighted by Gasteiger charge is 2.46. The van der Waals surface area contributed by atoms with Crippen LogP contribution < -0.4 is 0 Å². The Labute approximate surface area is 79.3 Å². The van der Waals surface area contributed by atoms with Crippen molar-refractivity contribution in [3.05, 3.63) is 12.2 Å². The third-order valence-electron chi connectivity index (χ3n) is 2.59. The first-order valence-corrected chi connectivity index (χ1v) is 4.26. The summed E-state index contributed by atoms with van der Waals surface area (Å²) in [4.78, 5) is 32.8. The number of aliphatic carboxylic acids is 1. The van der Waals surface area contributed by atoms with Gasteiger partial charge in [-0.3, -0.25) is 14.4 Å². The van der Waals surface area contributed by atoms with Crippen LogP contribution in [0.5, 0.6) is 0 Å². The van der Waals surface area contributed by atoms with Gasteiger partial charge in [0.25, 0.3) is 0 Å². The van der Waals surface area contributed by atoms with Crippen molar-refractivity contribution in [2.45, 2.75) is 6.42 Å². The predicted octanol–water partition coefficient (Wildman–Crippen LogP) is -0.0371. The molecule has 0 aromatic carbocycles. The molecule has 1 N–H and O–H groups in total. The highest BCUT2D eigenvalue weighted by molar-refractivity contribution is 5.98. The standard InChI is InChI=1S/C9H8O5/c10-7(11)4-1-2-5-6(3-4)9(13)14-8(5)12/h1-2,4-6H,3H2,(H,10,11). The second kappa shape index (κ2) is 2.94. The summed E-state index contributed by atoms with van der Waals surface area (Å²) in [7, 11) is 0. The summed E-state index contributed by atoms with van der Waals surface area (Å²) in [5, 5.41) is 8.72. The third kappa shape index (κ3) is 1.21. The molecule has 5 heteroatoms. The Morgan fingerprint density at radius 1 is 1.36 bits per heavy atom. The van der Waals surface area contributed by atoms with Gasteiger partial charge in [0.15, 0.2) is 0 Å². The van der Waals surface area contributed by atoms with Crippen molar-refractivity contribution in [1.29, 1.82) is 0 Å². The Balaban J connectivity index is 2.24. The number of hydrogen-bond acceptors (Lipinski definition) is 4. The van der Waals surface area contributed by atoms with Crippen LogP contribution >= 0.6 is 0 Å². The number of rotatable bonds is 1. The summed E-state index contributed by atoms with van der Waals surface area (Å²) in [6.45, 7) is 0. The monoisotopic (exact) mass is 196 g/mol. The van der Waals surface area contributed by atoms with Gasteiger partial charge in [-0.1, -0.05) is 12.2 Å². The number of esters is 2. The van der Waals surface area contributed by atoms with E-state index < -0.39 is 35.7 Å². The Bertz CT molecular complexity index is 343. The minimum absolute atomic E-state index is 0.154. The lowest BCUT2D eigenvalue weighted by molar-refractivity contribution is -0.153. The largest absolute Gasteiger partial charge is 0.481 e. The topological polar surface area (TPSA) is 80.7 Å². The van der Waals surface area contributed by atoms with E-state index in [0.717, 1.165) is 0 Å². The van der Waals surface area contributed by atoms with Crippen molar-refractivity contribution in [2.24, 2.45) is 17.8 Å². The molecule has 1 heterocycles. The van der Waals surface area contributed by atoms with Crippen LogP contribution in [0.4, 0.5) is 0 Å².